The van der Waals surface area contributed by atoms with Crippen LogP contribution in [0.2, 0.25) is 0 Å². The van der Waals surface area contributed by atoms with Crippen LogP contribution in [-0.4, -0.2) is 60.6 Å². The van der Waals surface area contributed by atoms with Crippen LogP contribution in [0.1, 0.15) is 86.5 Å². The molecule has 5 aliphatic carbocycles. The monoisotopic (exact) mass is 497 g/mol. The number of fused-ring (bicyclic) bond motifs is 2. The Bertz CT molecular complexity index is 1180. The maximum Gasteiger partial charge on any atom is 0.165 e. The number of aliphatic hydroxyl groups is 1. The second-order valence-electron chi connectivity index (χ2n) is 13.6. The first kappa shape index (κ1) is 21.6. The molecule has 7 atom stereocenters. The molecule has 0 aromatic heterocycles. The Hall–Kier alpha value is -1.30. The molecule has 1 aromatic carbocycles. The van der Waals surface area contributed by atoms with Crippen molar-refractivity contribution in [2.24, 2.45) is 22.7 Å². The number of benzene rings is 1. The molecule has 0 radical (unpaired) electrons. The van der Waals surface area contributed by atoms with Crippen molar-refractivity contribution in [3.63, 3.8) is 0 Å². The van der Waals surface area contributed by atoms with Crippen molar-refractivity contribution in [2.45, 2.75) is 108 Å². The van der Waals surface area contributed by atoms with E-state index in [-0.39, 0.29) is 40.2 Å². The number of nitrogens with zero attached hydrogens (tertiary/aromatic N) is 1. The van der Waals surface area contributed by atoms with Crippen LogP contribution in [0.5, 0.6) is 11.5 Å². The Morgan fingerprint density at radius 2 is 1.97 bits per heavy atom. The SMILES string of the molecule is [2H]C([2H])(C1CC1)N1CC[C@]23c4c5ccc(OC)c4O[C@H]2[C@@]2(OC)CC[C@@]3(C[C@@H]2[C@](C)(O)C(C)(C)CC)[C@H]1C5. The van der Waals surface area contributed by atoms with E-state index in [1.54, 1.807) is 7.11 Å². The fraction of sp³-hybridized carbons (Fsp3) is 0.806. The van der Waals surface area contributed by atoms with Gasteiger partial charge >= 0.3 is 0 Å². The molecule has 2 spiro atoms. The van der Waals surface area contributed by atoms with Crippen LogP contribution in [-0.2, 0) is 16.6 Å². The molecule has 36 heavy (non-hydrogen) atoms. The highest BCUT2D eigenvalue weighted by Crippen LogP contribution is 2.78. The van der Waals surface area contributed by atoms with Crippen LogP contribution >= 0.6 is 0 Å². The predicted octanol–water partition coefficient (Wildman–Crippen LogP) is 5.11. The summed E-state index contributed by atoms with van der Waals surface area (Å²) >= 11 is 0. The molecule has 0 unspecified atom stereocenters. The maximum absolute atomic E-state index is 12.5. The molecule has 7 aliphatic rings. The Labute approximate surface area is 219 Å². The van der Waals surface area contributed by atoms with E-state index in [9.17, 15) is 7.85 Å². The van der Waals surface area contributed by atoms with E-state index >= 15 is 0 Å². The van der Waals surface area contributed by atoms with Crippen LogP contribution < -0.4 is 9.47 Å². The van der Waals surface area contributed by atoms with Crippen molar-refractivity contribution in [3.8, 4) is 11.5 Å². The van der Waals surface area contributed by atoms with Gasteiger partial charge < -0.3 is 19.3 Å². The van der Waals surface area contributed by atoms with Crippen molar-refractivity contribution in [1.29, 1.82) is 0 Å². The predicted molar refractivity (Wildman–Crippen MR) is 140 cm³/mol. The molecule has 1 aromatic rings. The molecule has 1 saturated heterocycles. The lowest BCUT2D eigenvalue weighted by atomic mass is 9.33. The van der Waals surface area contributed by atoms with Crippen molar-refractivity contribution in [2.75, 3.05) is 27.3 Å². The standard InChI is InChI=1S/C31H45NO4/c1-7-27(2,3)28(4,33)22-17-29-12-13-31(22,35-6)26-30(29)14-15-32(18-19-8-9-19)23(29)16-20-10-11-21(34-5)25(36-26)24(20)30/h10-11,19,22-23,26,33H,7-9,12-18H2,1-6H3/t22-,23-,26-,28+,29-,30+,31-/m1/s1/i18D2. The average Bonchev–Trinajstić information content (AvgIpc) is 3.69. The molecule has 5 nitrogen and oxygen atoms in total. The van der Waals surface area contributed by atoms with E-state index in [0.29, 0.717) is 0 Å². The summed E-state index contributed by atoms with van der Waals surface area (Å²) in [6.45, 7) is 7.97. The van der Waals surface area contributed by atoms with Gasteiger partial charge in [-0.2, -0.15) is 0 Å². The highest BCUT2D eigenvalue weighted by Gasteiger charge is 2.82. The Morgan fingerprint density at radius 1 is 1.19 bits per heavy atom. The highest BCUT2D eigenvalue weighted by atomic mass is 16.6. The van der Waals surface area contributed by atoms with Crippen LogP contribution in [0.25, 0.3) is 0 Å². The fourth-order valence-corrected chi connectivity index (χ4v) is 9.70. The summed E-state index contributed by atoms with van der Waals surface area (Å²) in [6.07, 6.45) is 6.88. The summed E-state index contributed by atoms with van der Waals surface area (Å²) in [7, 11) is 3.54. The summed E-state index contributed by atoms with van der Waals surface area (Å²) in [5.41, 5.74) is 0.210. The number of methoxy groups -OCH3 is 2. The number of hydrogen-bond acceptors (Lipinski definition) is 5. The maximum atomic E-state index is 12.5. The molecule has 5 heteroatoms. The summed E-state index contributed by atoms with van der Waals surface area (Å²) in [6, 6.07) is 4.31. The van der Waals surface area contributed by atoms with Gasteiger partial charge in [0.2, 0.25) is 0 Å². The topological polar surface area (TPSA) is 51.2 Å². The quantitative estimate of drug-likeness (QED) is 0.568. The van der Waals surface area contributed by atoms with Crippen molar-refractivity contribution in [1.82, 2.24) is 4.90 Å². The van der Waals surface area contributed by atoms with Gasteiger partial charge in [-0.05, 0) is 87.8 Å². The lowest BCUT2D eigenvalue weighted by Gasteiger charge is -2.75. The lowest BCUT2D eigenvalue weighted by molar-refractivity contribution is -0.313. The van der Waals surface area contributed by atoms with Crippen molar-refractivity contribution in [3.05, 3.63) is 23.3 Å². The van der Waals surface area contributed by atoms with Gasteiger partial charge in [0.05, 0.1) is 12.7 Å². The first-order valence-corrected chi connectivity index (χ1v) is 14.3. The molecule has 0 amide bonds. The molecule has 5 fully saturated rings. The van der Waals surface area contributed by atoms with Gasteiger partial charge in [-0.3, -0.25) is 4.90 Å². The second-order valence-corrected chi connectivity index (χ2v) is 13.6. The number of piperidine rings is 1. The minimum atomic E-state index is -1.31. The van der Waals surface area contributed by atoms with Gasteiger partial charge in [0.1, 0.15) is 11.7 Å². The van der Waals surface area contributed by atoms with Crippen LogP contribution in [0.3, 0.4) is 0 Å². The first-order valence-electron chi connectivity index (χ1n) is 15.3. The molecule has 1 N–H and O–H groups in total. The second kappa shape index (κ2) is 7.21. The van der Waals surface area contributed by atoms with Crippen molar-refractivity contribution < 1.29 is 22.1 Å². The summed E-state index contributed by atoms with van der Waals surface area (Å²) in [5.74, 6) is 1.65. The van der Waals surface area contributed by atoms with Crippen molar-refractivity contribution >= 4 is 0 Å². The van der Waals surface area contributed by atoms with Gasteiger partial charge in [-0.1, -0.05) is 26.8 Å². The lowest BCUT2D eigenvalue weighted by Crippen LogP contribution is -2.83. The van der Waals surface area contributed by atoms with Crippen LogP contribution in [0.15, 0.2) is 12.1 Å². The molecular weight excluding hydrogens is 450 g/mol. The molecular formula is C31H45NO4. The number of ether oxygens (including phenoxy) is 3. The smallest absolute Gasteiger partial charge is 0.165 e. The average molecular weight is 498 g/mol. The van der Waals surface area contributed by atoms with Gasteiger partial charge in [-0.25, -0.2) is 0 Å². The zero-order valence-corrected chi connectivity index (χ0v) is 22.9. The fourth-order valence-electron chi connectivity index (χ4n) is 9.70. The third kappa shape index (κ3) is 2.50. The zero-order chi connectivity index (χ0) is 27.1. The molecule has 198 valence electrons. The van der Waals surface area contributed by atoms with E-state index in [0.717, 1.165) is 69.4 Å². The highest BCUT2D eigenvalue weighted by molar-refractivity contribution is 5.63. The van der Waals surface area contributed by atoms with Crippen LogP contribution in [0, 0.1) is 22.7 Å². The number of likely N-dealkylation sites (tertiary alicyclic amines) is 1. The molecule has 4 bridgehead atoms. The Morgan fingerprint density at radius 3 is 2.64 bits per heavy atom. The molecule has 2 heterocycles. The Kier molecular flexibility index (Phi) is 4.33. The Balaban J connectivity index is 1.48. The van der Waals surface area contributed by atoms with Gasteiger partial charge in [0, 0.05) is 44.7 Å². The minimum Gasteiger partial charge on any atom is -0.493 e. The van der Waals surface area contributed by atoms with Gasteiger partial charge in [0.15, 0.2) is 11.5 Å². The molecule has 8 rings (SSSR count). The molecule has 2 aliphatic heterocycles. The number of rotatable bonds is 7. The minimum absolute atomic E-state index is 0.0722. The van der Waals surface area contributed by atoms with Crippen LogP contribution in [0.4, 0.5) is 0 Å². The van der Waals surface area contributed by atoms with E-state index in [1.165, 1.54) is 11.1 Å². The summed E-state index contributed by atoms with van der Waals surface area (Å²) in [5, 5.41) is 12.5. The van der Waals surface area contributed by atoms with Gasteiger partial charge in [-0.15, -0.1) is 0 Å². The van der Waals surface area contributed by atoms with E-state index in [1.807, 2.05) is 20.1 Å². The van der Waals surface area contributed by atoms with E-state index in [4.69, 9.17) is 14.2 Å². The normalized spacial score (nSPS) is 43.2. The first-order chi connectivity index (χ1) is 17.9. The zero-order valence-electron chi connectivity index (χ0n) is 24.9. The number of hydrogen-bond donors (Lipinski definition) is 1. The third-order valence-electron chi connectivity index (χ3n) is 12.4. The van der Waals surface area contributed by atoms with E-state index < -0.39 is 17.7 Å². The van der Waals surface area contributed by atoms with E-state index in [2.05, 4.69) is 31.7 Å². The molecule has 4 saturated carbocycles. The largest absolute Gasteiger partial charge is 0.493 e. The summed E-state index contributed by atoms with van der Waals surface area (Å²) < 4.78 is 38.2. The third-order valence-corrected chi connectivity index (χ3v) is 12.4. The van der Waals surface area contributed by atoms with Gasteiger partial charge in [0.25, 0.3) is 0 Å². The summed E-state index contributed by atoms with van der Waals surface area (Å²) in [4.78, 5) is 2.26.